The Morgan fingerprint density at radius 2 is 1.67 bits per heavy atom. The van der Waals surface area contributed by atoms with Crippen molar-refractivity contribution in [1.29, 1.82) is 0 Å². The van der Waals surface area contributed by atoms with Crippen LogP contribution in [0, 0.1) is 5.92 Å². The van der Waals surface area contributed by atoms with Gasteiger partial charge in [0.25, 0.3) is 0 Å². The van der Waals surface area contributed by atoms with Gasteiger partial charge < -0.3 is 29.7 Å². The van der Waals surface area contributed by atoms with Gasteiger partial charge in [0, 0.05) is 57.8 Å². The van der Waals surface area contributed by atoms with Gasteiger partial charge >= 0.3 is 6.09 Å². The van der Waals surface area contributed by atoms with Gasteiger partial charge in [0.2, 0.25) is 5.91 Å². The van der Waals surface area contributed by atoms with E-state index in [1.165, 1.54) is 11.1 Å². The second kappa shape index (κ2) is 14.9. The van der Waals surface area contributed by atoms with Crippen molar-refractivity contribution in [2.24, 2.45) is 11.7 Å². The molecule has 2 aliphatic carbocycles. The molecule has 0 radical (unpaired) electrons. The number of methoxy groups -OCH3 is 1. The van der Waals surface area contributed by atoms with E-state index < -0.39 is 12.0 Å². The lowest BCUT2D eigenvalue weighted by Gasteiger charge is -2.37. The summed E-state index contributed by atoms with van der Waals surface area (Å²) >= 11 is 6.38. The number of carbonyl (C=O) groups is 2. The largest absolute Gasteiger partial charge is 0.492 e. The number of hydrogen-bond acceptors (Lipinski definition) is 6. The van der Waals surface area contributed by atoms with Gasteiger partial charge in [0.05, 0.1) is 17.5 Å². The third-order valence-electron chi connectivity index (χ3n) is 8.80. The lowest BCUT2D eigenvalue weighted by Crippen LogP contribution is -2.54. The first-order valence-electron chi connectivity index (χ1n) is 15.5. The van der Waals surface area contributed by atoms with Crippen LogP contribution in [0.25, 0.3) is 11.1 Å². The van der Waals surface area contributed by atoms with Gasteiger partial charge in [-0.15, -0.1) is 12.4 Å². The Bertz CT molecular complexity index is 1450. The molecule has 6 rings (SSSR count). The zero-order chi connectivity index (χ0) is 30.6. The second-order valence-electron chi connectivity index (χ2n) is 12.1. The Balaban J connectivity index is 0.00000400. The van der Waals surface area contributed by atoms with Crippen molar-refractivity contribution in [3.05, 3.63) is 88.4 Å². The highest BCUT2D eigenvalue weighted by atomic mass is 35.5. The number of hydrogen-bond donors (Lipinski definition) is 1. The molecule has 2 amide bonds. The third kappa shape index (κ3) is 7.58. The molecule has 2 atom stereocenters. The van der Waals surface area contributed by atoms with Crippen LogP contribution in [0.4, 0.5) is 4.79 Å². The minimum absolute atomic E-state index is 0. The van der Waals surface area contributed by atoms with E-state index >= 15 is 0 Å². The van der Waals surface area contributed by atoms with Crippen LogP contribution in [-0.2, 0) is 20.8 Å². The summed E-state index contributed by atoms with van der Waals surface area (Å²) in [6, 6.07) is 22.1. The zero-order valence-electron chi connectivity index (χ0n) is 25.5. The lowest BCUT2D eigenvalue weighted by atomic mass is 9.93. The zero-order valence-corrected chi connectivity index (χ0v) is 27.1. The molecule has 3 aromatic rings. The maximum atomic E-state index is 14.0. The Labute approximate surface area is 276 Å². The molecule has 3 aliphatic rings. The number of halogens is 2. The molecule has 8 nitrogen and oxygen atoms in total. The van der Waals surface area contributed by atoms with Crippen LogP contribution in [0.2, 0.25) is 5.02 Å². The molecule has 2 fully saturated rings. The number of piperidine rings is 1. The van der Waals surface area contributed by atoms with E-state index in [2.05, 4.69) is 24.3 Å². The molecule has 2 N–H and O–H groups in total. The molecule has 45 heavy (non-hydrogen) atoms. The van der Waals surface area contributed by atoms with Gasteiger partial charge in [-0.05, 0) is 59.2 Å². The summed E-state index contributed by atoms with van der Waals surface area (Å²) in [5, 5.41) is 0.535. The molecule has 0 aromatic heterocycles. The monoisotopic (exact) mass is 653 g/mol. The van der Waals surface area contributed by atoms with Crippen molar-refractivity contribution in [1.82, 2.24) is 9.80 Å². The summed E-state index contributed by atoms with van der Waals surface area (Å²) in [5.41, 5.74) is 12.1. The van der Waals surface area contributed by atoms with Gasteiger partial charge in [-0.3, -0.25) is 4.79 Å². The highest BCUT2D eigenvalue weighted by Gasteiger charge is 2.40. The molecule has 1 aliphatic heterocycles. The fraction of sp³-hybridized carbons (Fsp3) is 0.429. The number of likely N-dealkylation sites (tertiary alicyclic amines) is 1. The molecule has 1 saturated carbocycles. The molecule has 0 bridgehead atoms. The highest BCUT2D eigenvalue weighted by molar-refractivity contribution is 6.32. The molecule has 1 heterocycles. The minimum Gasteiger partial charge on any atom is -0.492 e. The summed E-state index contributed by atoms with van der Waals surface area (Å²) in [6.07, 6.45) is 2.80. The quantitative estimate of drug-likeness (QED) is 0.245. The normalized spacial score (nSPS) is 18.9. The molecule has 0 spiro atoms. The van der Waals surface area contributed by atoms with E-state index in [0.717, 1.165) is 36.0 Å². The van der Waals surface area contributed by atoms with Gasteiger partial charge in [-0.25, -0.2) is 4.79 Å². The summed E-state index contributed by atoms with van der Waals surface area (Å²) < 4.78 is 16.9. The van der Waals surface area contributed by atoms with Gasteiger partial charge in [-0.1, -0.05) is 66.2 Å². The van der Waals surface area contributed by atoms with E-state index in [1.807, 2.05) is 47.4 Å². The maximum Gasteiger partial charge on any atom is 0.409 e. The van der Waals surface area contributed by atoms with Crippen molar-refractivity contribution < 1.29 is 23.8 Å². The van der Waals surface area contributed by atoms with Crippen molar-refractivity contribution in [2.75, 3.05) is 40.0 Å². The number of benzene rings is 3. The van der Waals surface area contributed by atoms with Crippen LogP contribution in [0.1, 0.15) is 48.3 Å². The minimum atomic E-state index is -0.425. The Hall–Kier alpha value is -3.30. The van der Waals surface area contributed by atoms with Crippen molar-refractivity contribution >= 4 is 36.0 Å². The van der Waals surface area contributed by atoms with E-state index in [9.17, 15) is 9.59 Å². The van der Waals surface area contributed by atoms with Crippen LogP contribution in [0.15, 0.2) is 66.7 Å². The Kier molecular flexibility index (Phi) is 10.9. The second-order valence-corrected chi connectivity index (χ2v) is 12.5. The first-order valence-corrected chi connectivity index (χ1v) is 15.9. The van der Waals surface area contributed by atoms with E-state index in [-0.39, 0.29) is 42.9 Å². The molecular weight excluding hydrogens is 613 g/mol. The average molecular weight is 655 g/mol. The number of nitrogens with two attached hydrogens (primary N) is 1. The summed E-state index contributed by atoms with van der Waals surface area (Å²) in [5.74, 6) is 0.207. The number of ether oxygens (including phenoxy) is 3. The SMILES string of the molecule is COCCCOc1cc(CN(C(=O)[C@H]2C[C@@H](N)CN(C(=O)OCC3c4ccccc4-c4ccccc43)C2)C2CC2)ccc1Cl.Cl. The predicted octanol–water partition coefficient (Wildman–Crippen LogP) is 6.27. The number of nitrogens with zero attached hydrogens (tertiary/aromatic N) is 2. The predicted molar refractivity (Wildman–Crippen MR) is 177 cm³/mol. The van der Waals surface area contributed by atoms with Crippen LogP contribution in [0.3, 0.4) is 0 Å². The standard InChI is InChI=1S/C35H40ClN3O5.ClH/c1-42-15-6-16-43-33-17-23(11-14-32(33)36)19-39(26-12-13-26)34(40)24-18-25(37)21-38(20-24)35(41)44-22-31-29-9-4-2-7-27(29)28-8-3-5-10-30(28)31;/h2-5,7-11,14,17,24-26,31H,6,12-13,15-16,18-22,37H2,1H3;1H/t24-,25+;/m0./s1. The van der Waals surface area contributed by atoms with Crippen LogP contribution >= 0.6 is 24.0 Å². The summed E-state index contributed by atoms with van der Waals surface area (Å²) in [6.45, 7) is 2.45. The third-order valence-corrected chi connectivity index (χ3v) is 9.11. The number of amides is 2. The first kappa shape index (κ1) is 33.1. The van der Waals surface area contributed by atoms with Crippen molar-refractivity contribution in [2.45, 2.75) is 50.2 Å². The summed E-state index contributed by atoms with van der Waals surface area (Å²) in [4.78, 5) is 30.9. The topological polar surface area (TPSA) is 94.3 Å². The van der Waals surface area contributed by atoms with E-state index in [1.54, 1.807) is 12.0 Å². The average Bonchev–Trinajstić information content (AvgIpc) is 3.83. The molecule has 3 aromatic carbocycles. The molecule has 1 saturated heterocycles. The fourth-order valence-corrected chi connectivity index (χ4v) is 6.67. The molecule has 0 unspecified atom stereocenters. The fourth-order valence-electron chi connectivity index (χ4n) is 6.50. The first-order chi connectivity index (χ1) is 21.4. The van der Waals surface area contributed by atoms with Crippen LogP contribution in [0.5, 0.6) is 5.75 Å². The van der Waals surface area contributed by atoms with Gasteiger partial charge in [-0.2, -0.15) is 0 Å². The number of rotatable bonds is 11. The summed E-state index contributed by atoms with van der Waals surface area (Å²) in [7, 11) is 1.66. The maximum absolute atomic E-state index is 14.0. The van der Waals surface area contributed by atoms with Crippen LogP contribution in [-0.4, -0.2) is 73.9 Å². The van der Waals surface area contributed by atoms with Crippen molar-refractivity contribution in [3.8, 4) is 16.9 Å². The number of carbonyl (C=O) groups excluding carboxylic acids is 2. The van der Waals surface area contributed by atoms with Gasteiger partial charge in [0.15, 0.2) is 0 Å². The molecule has 10 heteroatoms. The Morgan fingerprint density at radius 1 is 0.978 bits per heavy atom. The van der Waals surface area contributed by atoms with Gasteiger partial charge in [0.1, 0.15) is 12.4 Å². The lowest BCUT2D eigenvalue weighted by molar-refractivity contribution is -0.138. The number of fused-ring (bicyclic) bond motifs is 3. The highest BCUT2D eigenvalue weighted by Crippen LogP contribution is 2.44. The molecular formula is C35H41Cl2N3O5. The smallest absolute Gasteiger partial charge is 0.409 e. The molecule has 240 valence electrons. The Morgan fingerprint density at radius 3 is 2.33 bits per heavy atom. The van der Waals surface area contributed by atoms with E-state index in [0.29, 0.717) is 50.0 Å². The van der Waals surface area contributed by atoms with E-state index in [4.69, 9.17) is 31.5 Å². The van der Waals surface area contributed by atoms with Crippen LogP contribution < -0.4 is 10.5 Å². The van der Waals surface area contributed by atoms with Crippen molar-refractivity contribution in [3.63, 3.8) is 0 Å².